The lowest BCUT2D eigenvalue weighted by atomic mass is 10.1. The van der Waals surface area contributed by atoms with Crippen LogP contribution in [0.3, 0.4) is 0 Å². The molecule has 0 radical (unpaired) electrons. The number of ketones is 1. The maximum Gasteiger partial charge on any atom is 0.303 e. The number of carboxylic acid groups (broad SMARTS) is 1. The Morgan fingerprint density at radius 2 is 2.13 bits per heavy atom. The molecular formula is C11H14O3S. The molecule has 0 unspecified atom stereocenters. The lowest BCUT2D eigenvalue weighted by molar-refractivity contribution is -0.137. The Labute approximate surface area is 92.7 Å². The molecule has 0 saturated heterocycles. The third-order valence-electron chi connectivity index (χ3n) is 2.13. The predicted octanol–water partition coefficient (Wildman–Crippen LogP) is 2.75. The molecule has 1 aromatic heterocycles. The van der Waals surface area contributed by atoms with Crippen molar-refractivity contribution in [2.24, 2.45) is 0 Å². The second-order valence-corrected chi connectivity index (χ2v) is 4.25. The summed E-state index contributed by atoms with van der Waals surface area (Å²) in [6.45, 7) is 2.04. The Hall–Kier alpha value is -1.16. The highest BCUT2D eigenvalue weighted by atomic mass is 32.1. The summed E-state index contributed by atoms with van der Waals surface area (Å²) < 4.78 is 0. The third-order valence-corrected chi connectivity index (χ3v) is 3.15. The fourth-order valence-electron chi connectivity index (χ4n) is 1.23. The van der Waals surface area contributed by atoms with Gasteiger partial charge in [-0.25, -0.2) is 0 Å². The molecule has 1 rings (SSSR count). The monoisotopic (exact) mass is 226 g/mol. The SMILES string of the molecule is CCc1csc(C(=O)CCCC(=O)O)c1. The van der Waals surface area contributed by atoms with Crippen molar-refractivity contribution in [3.8, 4) is 0 Å². The van der Waals surface area contributed by atoms with Crippen molar-refractivity contribution in [2.45, 2.75) is 32.6 Å². The molecule has 1 aromatic rings. The van der Waals surface area contributed by atoms with Gasteiger partial charge in [-0.3, -0.25) is 9.59 Å². The van der Waals surface area contributed by atoms with E-state index >= 15 is 0 Å². The number of hydrogen-bond donors (Lipinski definition) is 1. The van der Waals surface area contributed by atoms with Crippen molar-refractivity contribution in [1.29, 1.82) is 0 Å². The average Bonchev–Trinajstić information content (AvgIpc) is 2.65. The van der Waals surface area contributed by atoms with E-state index in [-0.39, 0.29) is 12.2 Å². The number of Topliss-reactive ketones (excluding diaryl/α,β-unsaturated/α-hetero) is 1. The largest absolute Gasteiger partial charge is 0.481 e. The molecule has 4 heteroatoms. The molecular weight excluding hydrogens is 212 g/mol. The van der Waals surface area contributed by atoms with Crippen LogP contribution in [0.25, 0.3) is 0 Å². The lowest BCUT2D eigenvalue weighted by Crippen LogP contribution is -1.99. The van der Waals surface area contributed by atoms with E-state index in [2.05, 4.69) is 0 Å². The molecule has 0 bridgehead atoms. The van der Waals surface area contributed by atoms with Crippen molar-refractivity contribution >= 4 is 23.1 Å². The molecule has 0 fully saturated rings. The molecule has 0 aromatic carbocycles. The molecule has 1 N–H and O–H groups in total. The molecule has 0 amide bonds. The number of aryl methyl sites for hydroxylation is 1. The summed E-state index contributed by atoms with van der Waals surface area (Å²) in [4.78, 5) is 22.6. The summed E-state index contributed by atoms with van der Waals surface area (Å²) in [6.07, 6.45) is 1.75. The number of thiophene rings is 1. The zero-order chi connectivity index (χ0) is 11.3. The van der Waals surface area contributed by atoms with Gasteiger partial charge in [-0.1, -0.05) is 6.92 Å². The van der Waals surface area contributed by atoms with E-state index in [9.17, 15) is 9.59 Å². The number of aliphatic carboxylic acids is 1. The van der Waals surface area contributed by atoms with E-state index < -0.39 is 5.97 Å². The fourth-order valence-corrected chi connectivity index (χ4v) is 2.20. The molecule has 1 heterocycles. The van der Waals surface area contributed by atoms with Gasteiger partial charge in [0.05, 0.1) is 4.88 Å². The van der Waals surface area contributed by atoms with Crippen LogP contribution in [-0.4, -0.2) is 16.9 Å². The minimum Gasteiger partial charge on any atom is -0.481 e. The Kier molecular flexibility index (Phi) is 4.49. The molecule has 0 spiro atoms. The zero-order valence-corrected chi connectivity index (χ0v) is 9.47. The van der Waals surface area contributed by atoms with Crippen molar-refractivity contribution in [3.63, 3.8) is 0 Å². The van der Waals surface area contributed by atoms with Crippen LogP contribution >= 0.6 is 11.3 Å². The topological polar surface area (TPSA) is 54.4 Å². The minimum atomic E-state index is -0.844. The normalized spacial score (nSPS) is 10.2. The van der Waals surface area contributed by atoms with E-state index in [0.717, 1.165) is 11.3 Å². The Balaban J connectivity index is 2.43. The molecule has 82 valence electrons. The smallest absolute Gasteiger partial charge is 0.303 e. The molecule has 0 aliphatic carbocycles. The van der Waals surface area contributed by atoms with Gasteiger partial charge in [0.25, 0.3) is 0 Å². The van der Waals surface area contributed by atoms with Gasteiger partial charge in [-0.2, -0.15) is 0 Å². The van der Waals surface area contributed by atoms with Crippen LogP contribution in [0, 0.1) is 0 Å². The van der Waals surface area contributed by atoms with Crippen molar-refractivity contribution in [1.82, 2.24) is 0 Å². The molecule has 0 atom stereocenters. The lowest BCUT2D eigenvalue weighted by Gasteiger charge is -1.95. The van der Waals surface area contributed by atoms with Gasteiger partial charge in [-0.15, -0.1) is 11.3 Å². The highest BCUT2D eigenvalue weighted by Crippen LogP contribution is 2.17. The second kappa shape index (κ2) is 5.66. The summed E-state index contributed by atoms with van der Waals surface area (Å²) in [5.41, 5.74) is 1.17. The van der Waals surface area contributed by atoms with Gasteiger partial charge in [-0.05, 0) is 29.9 Å². The van der Waals surface area contributed by atoms with Gasteiger partial charge in [0.2, 0.25) is 0 Å². The number of carbonyl (C=O) groups excluding carboxylic acids is 1. The van der Waals surface area contributed by atoms with Crippen LogP contribution in [0.15, 0.2) is 11.4 Å². The highest BCUT2D eigenvalue weighted by Gasteiger charge is 2.09. The summed E-state index contributed by atoms with van der Waals surface area (Å²) in [7, 11) is 0. The maximum absolute atomic E-state index is 11.6. The Bertz CT molecular complexity index is 354. The van der Waals surface area contributed by atoms with Gasteiger partial charge in [0.1, 0.15) is 0 Å². The first-order chi connectivity index (χ1) is 7.13. The van der Waals surface area contributed by atoms with Crippen molar-refractivity contribution < 1.29 is 14.7 Å². The number of carboxylic acids is 1. The van der Waals surface area contributed by atoms with Crippen molar-refractivity contribution in [3.05, 3.63) is 21.9 Å². The predicted molar refractivity (Wildman–Crippen MR) is 59.5 cm³/mol. The summed E-state index contributed by atoms with van der Waals surface area (Å²) in [5, 5.41) is 10.4. The second-order valence-electron chi connectivity index (χ2n) is 3.34. The van der Waals surface area contributed by atoms with Gasteiger partial charge < -0.3 is 5.11 Å². The first-order valence-electron chi connectivity index (χ1n) is 4.96. The number of rotatable bonds is 6. The first kappa shape index (κ1) is 11.9. The molecule has 15 heavy (non-hydrogen) atoms. The summed E-state index contributed by atoms with van der Waals surface area (Å²) in [6, 6.07) is 1.90. The minimum absolute atomic E-state index is 0.0564. The average molecular weight is 226 g/mol. The van der Waals surface area contributed by atoms with Crippen LogP contribution in [0.2, 0.25) is 0 Å². The first-order valence-corrected chi connectivity index (χ1v) is 5.84. The standard InChI is InChI=1S/C11H14O3S/c1-2-8-6-10(15-7-8)9(12)4-3-5-11(13)14/h6-7H,2-5H2,1H3,(H,13,14). The van der Waals surface area contributed by atoms with Gasteiger partial charge in [0.15, 0.2) is 5.78 Å². The quantitative estimate of drug-likeness (QED) is 0.759. The molecule has 0 aliphatic heterocycles. The summed E-state index contributed by atoms with van der Waals surface area (Å²) in [5.74, 6) is -0.788. The fraction of sp³-hybridized carbons (Fsp3) is 0.455. The van der Waals surface area contributed by atoms with Crippen LogP contribution in [0.1, 0.15) is 41.4 Å². The van der Waals surface area contributed by atoms with Crippen LogP contribution in [0.4, 0.5) is 0 Å². The van der Waals surface area contributed by atoms with E-state index in [0.29, 0.717) is 12.8 Å². The molecule has 3 nitrogen and oxygen atoms in total. The summed E-state index contributed by atoms with van der Waals surface area (Å²) >= 11 is 1.44. The molecule has 0 aliphatic rings. The number of hydrogen-bond acceptors (Lipinski definition) is 3. The van der Waals surface area contributed by atoms with Gasteiger partial charge in [0, 0.05) is 12.8 Å². The Morgan fingerprint density at radius 1 is 1.40 bits per heavy atom. The van der Waals surface area contributed by atoms with Crippen LogP contribution < -0.4 is 0 Å². The number of carbonyl (C=O) groups is 2. The third kappa shape index (κ3) is 3.83. The van der Waals surface area contributed by atoms with Crippen LogP contribution in [-0.2, 0) is 11.2 Å². The van der Waals surface area contributed by atoms with Crippen molar-refractivity contribution in [2.75, 3.05) is 0 Å². The van der Waals surface area contributed by atoms with E-state index in [1.54, 1.807) is 0 Å². The van der Waals surface area contributed by atoms with E-state index in [1.807, 2.05) is 18.4 Å². The van der Waals surface area contributed by atoms with Crippen LogP contribution in [0.5, 0.6) is 0 Å². The van der Waals surface area contributed by atoms with E-state index in [4.69, 9.17) is 5.11 Å². The molecule has 0 saturated carbocycles. The maximum atomic E-state index is 11.6. The zero-order valence-electron chi connectivity index (χ0n) is 8.66. The Morgan fingerprint density at radius 3 is 2.67 bits per heavy atom. The highest BCUT2D eigenvalue weighted by molar-refractivity contribution is 7.12. The van der Waals surface area contributed by atoms with Gasteiger partial charge >= 0.3 is 5.97 Å². The van der Waals surface area contributed by atoms with E-state index in [1.165, 1.54) is 16.9 Å².